The van der Waals surface area contributed by atoms with Gasteiger partial charge in [-0.05, 0) is 6.92 Å². The van der Waals surface area contributed by atoms with Gasteiger partial charge in [-0.25, -0.2) is 9.78 Å². The molecule has 6 heteroatoms. The largest absolute Gasteiger partial charge is 0.480 e. The van der Waals surface area contributed by atoms with Gasteiger partial charge in [0.05, 0.1) is 0 Å². The highest BCUT2D eigenvalue weighted by Crippen LogP contribution is 2.30. The first-order chi connectivity index (χ1) is 7.65. The van der Waals surface area contributed by atoms with Crippen molar-refractivity contribution in [3.8, 4) is 0 Å². The monoisotopic (exact) mass is 241 g/mol. The Kier molecular flexibility index (Phi) is 3.22. The van der Waals surface area contributed by atoms with Crippen molar-refractivity contribution in [1.29, 1.82) is 0 Å². The average molecular weight is 241 g/mol. The minimum Gasteiger partial charge on any atom is -0.480 e. The van der Waals surface area contributed by atoms with Crippen molar-refractivity contribution >= 4 is 17.3 Å². The minimum atomic E-state index is -0.990. The van der Waals surface area contributed by atoms with Crippen LogP contribution in [0.1, 0.15) is 11.9 Å². The number of carboxylic acids is 1. The second kappa shape index (κ2) is 4.48. The molecule has 0 aromatic carbocycles. The van der Waals surface area contributed by atoms with E-state index in [1.807, 2.05) is 10.3 Å². The van der Waals surface area contributed by atoms with Gasteiger partial charge in [0.1, 0.15) is 5.01 Å². The molecule has 0 aliphatic carbocycles. The summed E-state index contributed by atoms with van der Waals surface area (Å²) in [6.45, 7) is 4.87. The molecule has 16 heavy (non-hydrogen) atoms. The lowest BCUT2D eigenvalue weighted by molar-refractivity contribution is -0.151. The summed E-state index contributed by atoms with van der Waals surface area (Å²) in [7, 11) is 0. The molecule has 0 bridgehead atoms. The third-order valence-electron chi connectivity index (χ3n) is 3.01. The zero-order valence-corrected chi connectivity index (χ0v) is 9.96. The summed E-state index contributed by atoms with van der Waals surface area (Å²) >= 11 is 1.40. The highest BCUT2D eigenvalue weighted by atomic mass is 32.1. The van der Waals surface area contributed by atoms with E-state index in [0.717, 1.165) is 26.2 Å². The van der Waals surface area contributed by atoms with Crippen LogP contribution in [0.15, 0.2) is 11.6 Å². The van der Waals surface area contributed by atoms with Crippen LogP contribution in [-0.4, -0.2) is 47.1 Å². The first kappa shape index (κ1) is 11.5. The molecule has 5 nitrogen and oxygen atoms in total. The van der Waals surface area contributed by atoms with E-state index in [0.29, 0.717) is 5.01 Å². The lowest BCUT2D eigenvalue weighted by atomic mass is 10.00. The van der Waals surface area contributed by atoms with Crippen molar-refractivity contribution in [3.05, 3.63) is 16.6 Å². The molecular weight excluding hydrogens is 226 g/mol. The Morgan fingerprint density at radius 2 is 2.31 bits per heavy atom. The van der Waals surface area contributed by atoms with Gasteiger partial charge < -0.3 is 10.4 Å². The number of nitrogens with one attached hydrogen (secondary N) is 1. The highest BCUT2D eigenvalue weighted by Gasteiger charge is 2.43. The molecule has 1 atom stereocenters. The smallest absolute Gasteiger partial charge is 0.331 e. The van der Waals surface area contributed by atoms with Crippen LogP contribution in [0, 0.1) is 0 Å². The van der Waals surface area contributed by atoms with E-state index in [1.165, 1.54) is 11.3 Å². The molecule has 1 fully saturated rings. The van der Waals surface area contributed by atoms with Crippen molar-refractivity contribution in [3.63, 3.8) is 0 Å². The number of thiazole rings is 1. The van der Waals surface area contributed by atoms with Gasteiger partial charge in [0, 0.05) is 37.8 Å². The van der Waals surface area contributed by atoms with Gasteiger partial charge in [0.2, 0.25) is 0 Å². The second-order valence-electron chi connectivity index (χ2n) is 3.95. The number of hydrogen-bond donors (Lipinski definition) is 2. The molecule has 0 saturated carbocycles. The Morgan fingerprint density at radius 3 is 2.81 bits per heavy atom. The predicted molar refractivity (Wildman–Crippen MR) is 61.5 cm³/mol. The number of carbonyl (C=O) groups is 1. The van der Waals surface area contributed by atoms with E-state index in [-0.39, 0.29) is 0 Å². The van der Waals surface area contributed by atoms with E-state index in [4.69, 9.17) is 0 Å². The Hall–Kier alpha value is -0.980. The molecule has 1 aromatic heterocycles. The number of hydrogen-bond acceptors (Lipinski definition) is 5. The van der Waals surface area contributed by atoms with E-state index < -0.39 is 11.5 Å². The van der Waals surface area contributed by atoms with Crippen LogP contribution < -0.4 is 5.32 Å². The Labute approximate surface area is 98.1 Å². The van der Waals surface area contributed by atoms with Crippen LogP contribution in [0.3, 0.4) is 0 Å². The Bertz CT molecular complexity index is 362. The second-order valence-corrected chi connectivity index (χ2v) is 4.85. The minimum absolute atomic E-state index is 0.655. The fourth-order valence-corrected chi connectivity index (χ4v) is 2.76. The lowest BCUT2D eigenvalue weighted by Gasteiger charge is -2.38. The molecule has 1 unspecified atom stereocenters. The van der Waals surface area contributed by atoms with Gasteiger partial charge in [-0.3, -0.25) is 4.90 Å². The maximum absolute atomic E-state index is 11.5. The van der Waals surface area contributed by atoms with Crippen LogP contribution in [-0.2, 0) is 10.3 Å². The zero-order valence-electron chi connectivity index (χ0n) is 9.14. The summed E-state index contributed by atoms with van der Waals surface area (Å²) in [6.07, 6.45) is 1.66. The van der Waals surface area contributed by atoms with Crippen LogP contribution in [0.25, 0.3) is 0 Å². The van der Waals surface area contributed by atoms with Gasteiger partial charge in [-0.2, -0.15) is 0 Å². The summed E-state index contributed by atoms with van der Waals surface area (Å²) in [4.78, 5) is 17.7. The topological polar surface area (TPSA) is 65.5 Å². The molecule has 1 aliphatic rings. The molecule has 2 rings (SSSR count). The molecule has 0 spiro atoms. The Balaban J connectivity index is 2.31. The van der Waals surface area contributed by atoms with E-state index in [1.54, 1.807) is 13.1 Å². The Morgan fingerprint density at radius 1 is 1.62 bits per heavy atom. The fraction of sp³-hybridized carbons (Fsp3) is 0.600. The quantitative estimate of drug-likeness (QED) is 0.799. The van der Waals surface area contributed by atoms with Crippen molar-refractivity contribution in [2.45, 2.75) is 12.5 Å². The van der Waals surface area contributed by atoms with Gasteiger partial charge in [-0.15, -0.1) is 11.3 Å². The van der Waals surface area contributed by atoms with Crippen LogP contribution in [0.5, 0.6) is 0 Å². The number of carboxylic acid groups (broad SMARTS) is 1. The standard InChI is InChI=1S/C10H15N3O2S/c1-10(9(14)15,8-12-4-7-16-8)13-5-2-11-3-6-13/h4,7,11H,2-3,5-6H2,1H3,(H,14,15). The average Bonchev–Trinajstić information content (AvgIpc) is 2.82. The van der Waals surface area contributed by atoms with Crippen LogP contribution in [0.4, 0.5) is 0 Å². The SMILES string of the molecule is CC(C(=O)O)(c1nccs1)N1CCNCC1. The molecule has 1 saturated heterocycles. The van der Waals surface area contributed by atoms with Gasteiger partial charge in [0.25, 0.3) is 0 Å². The lowest BCUT2D eigenvalue weighted by Crippen LogP contribution is -2.56. The van der Waals surface area contributed by atoms with E-state index >= 15 is 0 Å². The first-order valence-electron chi connectivity index (χ1n) is 5.25. The van der Waals surface area contributed by atoms with E-state index in [9.17, 15) is 9.90 Å². The molecule has 2 heterocycles. The molecule has 1 aromatic rings. The highest BCUT2D eigenvalue weighted by molar-refractivity contribution is 7.09. The molecule has 2 N–H and O–H groups in total. The van der Waals surface area contributed by atoms with Gasteiger partial charge in [0.15, 0.2) is 5.54 Å². The number of rotatable bonds is 3. The summed E-state index contributed by atoms with van der Waals surface area (Å²) < 4.78 is 0. The van der Waals surface area contributed by atoms with Crippen LogP contribution >= 0.6 is 11.3 Å². The number of nitrogens with zero attached hydrogens (tertiary/aromatic N) is 2. The number of aliphatic carboxylic acids is 1. The molecule has 1 aliphatic heterocycles. The van der Waals surface area contributed by atoms with Crippen molar-refractivity contribution in [1.82, 2.24) is 15.2 Å². The fourth-order valence-electron chi connectivity index (χ4n) is 1.94. The van der Waals surface area contributed by atoms with Gasteiger partial charge >= 0.3 is 5.97 Å². The molecule has 88 valence electrons. The normalized spacial score (nSPS) is 21.6. The van der Waals surface area contributed by atoms with Crippen molar-refractivity contribution in [2.24, 2.45) is 0 Å². The molecular formula is C10H15N3O2S. The summed E-state index contributed by atoms with van der Waals surface area (Å²) in [5.74, 6) is -0.829. The van der Waals surface area contributed by atoms with Crippen molar-refractivity contribution < 1.29 is 9.90 Å². The van der Waals surface area contributed by atoms with Gasteiger partial charge in [-0.1, -0.05) is 0 Å². The summed E-state index contributed by atoms with van der Waals surface area (Å²) in [6, 6.07) is 0. The summed E-state index contributed by atoms with van der Waals surface area (Å²) in [5.41, 5.74) is -0.990. The third kappa shape index (κ3) is 1.83. The predicted octanol–water partition coefficient (Wildman–Crippen LogP) is 0.348. The van der Waals surface area contributed by atoms with Crippen LogP contribution in [0.2, 0.25) is 0 Å². The number of aromatic nitrogens is 1. The molecule has 0 radical (unpaired) electrons. The zero-order chi connectivity index (χ0) is 11.6. The van der Waals surface area contributed by atoms with E-state index in [2.05, 4.69) is 10.3 Å². The maximum atomic E-state index is 11.5. The van der Waals surface area contributed by atoms with Crippen molar-refractivity contribution in [2.75, 3.05) is 26.2 Å². The summed E-state index contributed by atoms with van der Waals surface area (Å²) in [5, 5.41) is 15.2. The molecule has 0 amide bonds. The first-order valence-corrected chi connectivity index (χ1v) is 6.13. The number of piperazine rings is 1. The maximum Gasteiger partial charge on any atom is 0.331 e. The third-order valence-corrected chi connectivity index (χ3v) is 4.00.